The second-order valence-electron chi connectivity index (χ2n) is 5.81. The minimum atomic E-state index is -0.401. The molecule has 0 heterocycles. The highest BCUT2D eigenvalue weighted by Crippen LogP contribution is 2.40. The first-order chi connectivity index (χ1) is 9.54. The Morgan fingerprint density at radius 1 is 1.45 bits per heavy atom. The summed E-state index contributed by atoms with van der Waals surface area (Å²) in [6, 6.07) is 4.99. The van der Waals surface area contributed by atoms with Gasteiger partial charge in [0.05, 0.1) is 11.5 Å². The minimum Gasteiger partial charge on any atom is -0.487 e. The Bertz CT molecular complexity index is 484. The summed E-state index contributed by atoms with van der Waals surface area (Å²) in [5, 5.41) is 14.3. The lowest BCUT2D eigenvalue weighted by atomic mass is 9.70. The van der Waals surface area contributed by atoms with Gasteiger partial charge in [-0.05, 0) is 30.7 Å². The number of nitrogens with zero attached hydrogens (tertiary/aromatic N) is 1. The van der Waals surface area contributed by atoms with Crippen molar-refractivity contribution in [2.75, 3.05) is 18.5 Å². The smallest absolute Gasteiger partial charge is 0.311 e. The van der Waals surface area contributed by atoms with Crippen LogP contribution in [0.15, 0.2) is 18.2 Å². The Balaban J connectivity index is 2.07. The molecule has 2 rings (SSSR count). The summed E-state index contributed by atoms with van der Waals surface area (Å²) < 4.78 is 5.48. The molecule has 110 valence electrons. The van der Waals surface area contributed by atoms with Gasteiger partial charge in [0.15, 0.2) is 5.75 Å². The standard InChI is InChI=1S/C15H22N2O3/c1-3-9-20-14-10-12(5-6-13(14)17(18)19)16-11-15(2)7-4-8-15/h5-6,10,16H,3-4,7-9,11H2,1-2H3. The predicted octanol–water partition coefficient (Wildman–Crippen LogP) is 3.99. The second-order valence-corrected chi connectivity index (χ2v) is 5.81. The number of nitro groups is 1. The van der Waals surface area contributed by atoms with Crippen LogP contribution in [-0.2, 0) is 0 Å². The summed E-state index contributed by atoms with van der Waals surface area (Å²) >= 11 is 0. The molecular weight excluding hydrogens is 256 g/mol. The van der Waals surface area contributed by atoms with Crippen molar-refractivity contribution in [2.24, 2.45) is 5.41 Å². The molecule has 1 N–H and O–H groups in total. The van der Waals surface area contributed by atoms with Crippen LogP contribution in [0.25, 0.3) is 0 Å². The lowest BCUT2D eigenvalue weighted by molar-refractivity contribution is -0.385. The van der Waals surface area contributed by atoms with Crippen LogP contribution in [0.5, 0.6) is 5.75 Å². The molecule has 1 saturated carbocycles. The third-order valence-corrected chi connectivity index (χ3v) is 3.90. The van der Waals surface area contributed by atoms with Gasteiger partial charge in [-0.1, -0.05) is 20.3 Å². The Kier molecular flexibility index (Phi) is 4.47. The molecule has 0 unspecified atom stereocenters. The maximum Gasteiger partial charge on any atom is 0.311 e. The van der Waals surface area contributed by atoms with Gasteiger partial charge in [-0.2, -0.15) is 0 Å². The van der Waals surface area contributed by atoms with E-state index in [-0.39, 0.29) is 5.69 Å². The SMILES string of the molecule is CCCOc1cc(NCC2(C)CCC2)ccc1[N+](=O)[O-]. The molecule has 5 nitrogen and oxygen atoms in total. The molecular formula is C15H22N2O3. The fourth-order valence-electron chi connectivity index (χ4n) is 2.38. The van der Waals surface area contributed by atoms with Crippen molar-refractivity contribution in [3.05, 3.63) is 28.3 Å². The topological polar surface area (TPSA) is 64.4 Å². The second kappa shape index (κ2) is 6.11. The number of anilines is 1. The Morgan fingerprint density at radius 3 is 2.75 bits per heavy atom. The predicted molar refractivity (Wildman–Crippen MR) is 79.3 cm³/mol. The lowest BCUT2D eigenvalue weighted by Gasteiger charge is -2.38. The van der Waals surface area contributed by atoms with E-state index in [1.54, 1.807) is 12.1 Å². The zero-order valence-electron chi connectivity index (χ0n) is 12.1. The van der Waals surface area contributed by atoms with E-state index in [2.05, 4.69) is 12.2 Å². The van der Waals surface area contributed by atoms with Crippen molar-refractivity contribution in [2.45, 2.75) is 39.5 Å². The van der Waals surface area contributed by atoms with Gasteiger partial charge in [-0.3, -0.25) is 10.1 Å². The number of nitrogens with one attached hydrogen (secondary N) is 1. The van der Waals surface area contributed by atoms with Gasteiger partial charge in [0.2, 0.25) is 0 Å². The van der Waals surface area contributed by atoms with E-state index in [1.807, 2.05) is 6.92 Å². The molecule has 0 aromatic heterocycles. The molecule has 0 spiro atoms. The molecule has 0 aliphatic heterocycles. The Morgan fingerprint density at radius 2 is 2.20 bits per heavy atom. The number of rotatable bonds is 7. The zero-order valence-corrected chi connectivity index (χ0v) is 12.1. The monoisotopic (exact) mass is 278 g/mol. The molecule has 5 heteroatoms. The molecule has 1 aromatic carbocycles. The van der Waals surface area contributed by atoms with Crippen LogP contribution in [-0.4, -0.2) is 18.1 Å². The Hall–Kier alpha value is -1.78. The summed E-state index contributed by atoms with van der Waals surface area (Å²) in [6.07, 6.45) is 4.61. The summed E-state index contributed by atoms with van der Waals surface area (Å²) in [4.78, 5) is 10.6. The lowest BCUT2D eigenvalue weighted by Crippen LogP contribution is -2.33. The average Bonchev–Trinajstić information content (AvgIpc) is 2.40. The van der Waals surface area contributed by atoms with Gasteiger partial charge in [-0.15, -0.1) is 0 Å². The van der Waals surface area contributed by atoms with Gasteiger partial charge >= 0.3 is 5.69 Å². The number of ether oxygens (including phenoxy) is 1. The Labute approximate surface area is 119 Å². The third-order valence-electron chi connectivity index (χ3n) is 3.90. The first kappa shape index (κ1) is 14.6. The molecule has 0 radical (unpaired) electrons. The van der Waals surface area contributed by atoms with Crippen LogP contribution < -0.4 is 10.1 Å². The number of nitro benzene ring substituents is 1. The molecule has 0 atom stereocenters. The normalized spacial score (nSPS) is 16.3. The van der Waals surface area contributed by atoms with E-state index >= 15 is 0 Å². The van der Waals surface area contributed by atoms with E-state index in [0.29, 0.717) is 17.8 Å². The van der Waals surface area contributed by atoms with Gasteiger partial charge in [0.1, 0.15) is 0 Å². The van der Waals surface area contributed by atoms with Crippen LogP contribution in [0.3, 0.4) is 0 Å². The van der Waals surface area contributed by atoms with Crippen molar-refractivity contribution < 1.29 is 9.66 Å². The van der Waals surface area contributed by atoms with Crippen LogP contribution in [0.1, 0.15) is 39.5 Å². The molecule has 1 aliphatic carbocycles. The summed E-state index contributed by atoms with van der Waals surface area (Å²) in [5.74, 6) is 0.348. The van der Waals surface area contributed by atoms with Crippen LogP contribution in [0.2, 0.25) is 0 Å². The fraction of sp³-hybridized carbons (Fsp3) is 0.600. The van der Waals surface area contributed by atoms with Gasteiger partial charge in [-0.25, -0.2) is 0 Å². The number of hydrogen-bond acceptors (Lipinski definition) is 4. The molecule has 1 aromatic rings. The summed E-state index contributed by atoms with van der Waals surface area (Å²) in [5.41, 5.74) is 1.28. The average molecular weight is 278 g/mol. The fourth-order valence-corrected chi connectivity index (χ4v) is 2.38. The van der Waals surface area contributed by atoms with Gasteiger partial charge in [0, 0.05) is 24.4 Å². The molecule has 0 bridgehead atoms. The van der Waals surface area contributed by atoms with Gasteiger partial charge in [0.25, 0.3) is 0 Å². The highest BCUT2D eigenvalue weighted by molar-refractivity contribution is 5.58. The van der Waals surface area contributed by atoms with Crippen LogP contribution >= 0.6 is 0 Å². The maximum atomic E-state index is 11.0. The summed E-state index contributed by atoms with van der Waals surface area (Å²) in [6.45, 7) is 5.63. The third kappa shape index (κ3) is 3.40. The highest BCUT2D eigenvalue weighted by atomic mass is 16.6. The van der Waals surface area contributed by atoms with E-state index < -0.39 is 4.92 Å². The van der Waals surface area contributed by atoms with Crippen molar-refractivity contribution in [1.29, 1.82) is 0 Å². The quantitative estimate of drug-likeness (QED) is 0.605. The molecule has 1 fully saturated rings. The molecule has 0 saturated heterocycles. The van der Waals surface area contributed by atoms with Crippen LogP contribution in [0.4, 0.5) is 11.4 Å². The van der Waals surface area contributed by atoms with E-state index in [4.69, 9.17) is 4.74 Å². The van der Waals surface area contributed by atoms with Crippen molar-refractivity contribution in [3.63, 3.8) is 0 Å². The highest BCUT2D eigenvalue weighted by Gasteiger charge is 2.31. The first-order valence-electron chi connectivity index (χ1n) is 7.19. The molecule has 1 aliphatic rings. The van der Waals surface area contributed by atoms with Crippen molar-refractivity contribution >= 4 is 11.4 Å². The largest absolute Gasteiger partial charge is 0.487 e. The van der Waals surface area contributed by atoms with Crippen molar-refractivity contribution in [1.82, 2.24) is 0 Å². The molecule has 20 heavy (non-hydrogen) atoms. The maximum absolute atomic E-state index is 11.0. The first-order valence-corrected chi connectivity index (χ1v) is 7.19. The number of hydrogen-bond donors (Lipinski definition) is 1. The van der Waals surface area contributed by atoms with Crippen LogP contribution in [0, 0.1) is 15.5 Å². The summed E-state index contributed by atoms with van der Waals surface area (Å²) in [7, 11) is 0. The minimum absolute atomic E-state index is 0.0267. The van der Waals surface area contributed by atoms with E-state index in [0.717, 1.165) is 18.7 Å². The zero-order chi connectivity index (χ0) is 14.6. The van der Waals surface area contributed by atoms with E-state index in [1.165, 1.54) is 25.3 Å². The van der Waals surface area contributed by atoms with Crippen molar-refractivity contribution in [3.8, 4) is 5.75 Å². The molecule has 0 amide bonds. The van der Waals surface area contributed by atoms with E-state index in [9.17, 15) is 10.1 Å². The number of benzene rings is 1. The van der Waals surface area contributed by atoms with Gasteiger partial charge < -0.3 is 10.1 Å².